The van der Waals surface area contributed by atoms with Crippen LogP contribution in [0, 0.1) is 5.92 Å². The molecular weight excluding hydrogens is 194 g/mol. The number of carbonyl (C=O) groups is 1. The van der Waals surface area contributed by atoms with Gasteiger partial charge in [-0.15, -0.1) is 0 Å². The van der Waals surface area contributed by atoms with Crippen LogP contribution in [0.5, 0.6) is 0 Å². The van der Waals surface area contributed by atoms with E-state index in [2.05, 4.69) is 0 Å². The molecule has 0 radical (unpaired) electrons. The molecule has 15 heavy (non-hydrogen) atoms. The Bertz CT molecular complexity index is 281. The highest BCUT2D eigenvalue weighted by Gasteiger charge is 2.47. The number of aliphatic hydroxyl groups excluding tert-OH is 1. The molecule has 1 amide bonds. The molecule has 0 aromatic heterocycles. The fourth-order valence-electron chi connectivity index (χ4n) is 3.19. The van der Waals surface area contributed by atoms with Gasteiger partial charge >= 0.3 is 0 Å². The maximum atomic E-state index is 11.8. The molecule has 4 unspecified atom stereocenters. The minimum absolute atomic E-state index is 0.129. The smallest absolute Gasteiger partial charge is 0.223 e. The molecule has 4 nitrogen and oxygen atoms in total. The molecule has 0 aliphatic carbocycles. The van der Waals surface area contributed by atoms with Gasteiger partial charge < -0.3 is 14.7 Å². The van der Waals surface area contributed by atoms with Crippen LogP contribution in [0.2, 0.25) is 0 Å². The first-order valence-corrected chi connectivity index (χ1v) is 5.83. The van der Waals surface area contributed by atoms with Crippen molar-refractivity contribution in [2.45, 2.75) is 43.9 Å². The van der Waals surface area contributed by atoms with Gasteiger partial charge in [0.05, 0.1) is 18.2 Å². The summed E-state index contributed by atoms with van der Waals surface area (Å²) in [5, 5.41) is 9.07. The van der Waals surface area contributed by atoms with Crippen LogP contribution >= 0.6 is 0 Å². The van der Waals surface area contributed by atoms with Crippen LogP contribution in [-0.2, 0) is 9.53 Å². The van der Waals surface area contributed by atoms with Gasteiger partial charge in [0.25, 0.3) is 0 Å². The number of amides is 1. The van der Waals surface area contributed by atoms with Crippen LogP contribution in [0.4, 0.5) is 0 Å². The van der Waals surface area contributed by atoms with Crippen molar-refractivity contribution in [2.24, 2.45) is 5.92 Å². The first-order chi connectivity index (χ1) is 7.28. The van der Waals surface area contributed by atoms with Crippen molar-refractivity contribution in [3.8, 4) is 0 Å². The van der Waals surface area contributed by atoms with Crippen LogP contribution in [0.1, 0.15) is 25.7 Å². The summed E-state index contributed by atoms with van der Waals surface area (Å²) in [6, 6.07) is 0.299. The Hall–Kier alpha value is -0.610. The van der Waals surface area contributed by atoms with Gasteiger partial charge in [0.15, 0.2) is 0 Å². The minimum atomic E-state index is 0.129. The predicted molar refractivity (Wildman–Crippen MR) is 53.2 cm³/mol. The maximum absolute atomic E-state index is 11.8. The van der Waals surface area contributed by atoms with E-state index in [4.69, 9.17) is 9.84 Å². The van der Waals surface area contributed by atoms with Crippen molar-refractivity contribution < 1.29 is 14.6 Å². The first-order valence-electron chi connectivity index (χ1n) is 5.83. The monoisotopic (exact) mass is 211 g/mol. The van der Waals surface area contributed by atoms with Crippen LogP contribution in [0.3, 0.4) is 0 Å². The molecule has 3 fully saturated rings. The topological polar surface area (TPSA) is 49.8 Å². The van der Waals surface area contributed by atoms with Gasteiger partial charge in [0.2, 0.25) is 5.91 Å². The number of hydrogen-bond acceptors (Lipinski definition) is 3. The zero-order chi connectivity index (χ0) is 10.4. The van der Waals surface area contributed by atoms with Gasteiger partial charge in [-0.2, -0.15) is 0 Å². The van der Waals surface area contributed by atoms with E-state index in [0.717, 1.165) is 25.8 Å². The third kappa shape index (κ3) is 1.47. The molecule has 0 aromatic rings. The van der Waals surface area contributed by atoms with E-state index >= 15 is 0 Å². The molecule has 0 spiro atoms. The average Bonchev–Trinajstić information content (AvgIpc) is 2.90. The molecule has 1 N–H and O–H groups in total. The van der Waals surface area contributed by atoms with Crippen LogP contribution in [0.25, 0.3) is 0 Å². The fourth-order valence-corrected chi connectivity index (χ4v) is 3.19. The van der Waals surface area contributed by atoms with Crippen LogP contribution in [0.15, 0.2) is 0 Å². The number of fused-ring (bicyclic) bond motifs is 2. The summed E-state index contributed by atoms with van der Waals surface area (Å²) in [5.41, 5.74) is 0. The highest BCUT2D eigenvalue weighted by Crippen LogP contribution is 2.39. The number of carbonyl (C=O) groups excluding carboxylic acids is 1. The number of hydrogen-bond donors (Lipinski definition) is 1. The lowest BCUT2D eigenvalue weighted by Gasteiger charge is -2.29. The molecule has 3 aliphatic heterocycles. The molecule has 3 aliphatic rings. The van der Waals surface area contributed by atoms with E-state index in [1.807, 2.05) is 4.90 Å². The lowest BCUT2D eigenvalue weighted by atomic mass is 9.94. The van der Waals surface area contributed by atoms with Crippen LogP contribution < -0.4 is 0 Å². The molecule has 3 heterocycles. The minimum Gasteiger partial charge on any atom is -0.396 e. The highest BCUT2D eigenvalue weighted by atomic mass is 16.5. The largest absolute Gasteiger partial charge is 0.396 e. The summed E-state index contributed by atoms with van der Waals surface area (Å²) in [7, 11) is 0. The Morgan fingerprint density at radius 1 is 1.47 bits per heavy atom. The van der Waals surface area contributed by atoms with Crippen molar-refractivity contribution in [3.05, 3.63) is 0 Å². The lowest BCUT2D eigenvalue weighted by Crippen LogP contribution is -2.42. The summed E-state index contributed by atoms with van der Waals surface area (Å²) in [6.07, 6.45) is 4.45. The van der Waals surface area contributed by atoms with E-state index in [1.165, 1.54) is 0 Å². The standard InChI is InChI=1S/C11H17NO3/c13-6-7-3-11(14)12(5-7)9-4-8-1-2-10(9)15-8/h7-10,13H,1-6H2. The molecule has 84 valence electrons. The lowest BCUT2D eigenvalue weighted by molar-refractivity contribution is -0.130. The van der Waals surface area contributed by atoms with Gasteiger partial charge in [0, 0.05) is 25.5 Å². The van der Waals surface area contributed by atoms with Crippen molar-refractivity contribution in [1.82, 2.24) is 4.90 Å². The Morgan fingerprint density at radius 2 is 2.33 bits per heavy atom. The second-order valence-electron chi connectivity index (χ2n) is 4.98. The number of rotatable bonds is 2. The molecule has 3 saturated heterocycles. The maximum Gasteiger partial charge on any atom is 0.223 e. The van der Waals surface area contributed by atoms with Gasteiger partial charge in [-0.25, -0.2) is 0 Å². The van der Waals surface area contributed by atoms with Crippen molar-refractivity contribution >= 4 is 5.91 Å². The number of nitrogens with zero attached hydrogens (tertiary/aromatic N) is 1. The van der Waals surface area contributed by atoms with Crippen LogP contribution in [-0.4, -0.2) is 47.3 Å². The molecule has 0 saturated carbocycles. The average molecular weight is 211 g/mol. The van der Waals surface area contributed by atoms with E-state index in [1.54, 1.807) is 0 Å². The number of aliphatic hydroxyl groups is 1. The van der Waals surface area contributed by atoms with Gasteiger partial charge in [-0.05, 0) is 19.3 Å². The van der Waals surface area contributed by atoms with E-state index < -0.39 is 0 Å². The molecule has 4 heteroatoms. The number of likely N-dealkylation sites (tertiary alicyclic amines) is 1. The highest BCUT2D eigenvalue weighted by molar-refractivity contribution is 5.79. The fraction of sp³-hybridized carbons (Fsp3) is 0.909. The SMILES string of the molecule is O=C1CC(CO)CN1C1CC2CCC1O2. The van der Waals surface area contributed by atoms with Crippen molar-refractivity contribution in [1.29, 1.82) is 0 Å². The predicted octanol–water partition coefficient (Wildman–Crippen LogP) is 0.147. The summed E-state index contributed by atoms with van der Waals surface area (Å²) < 4.78 is 5.76. The Kier molecular flexibility index (Phi) is 2.21. The molecule has 0 aromatic carbocycles. The summed E-state index contributed by atoms with van der Waals surface area (Å²) >= 11 is 0. The Labute approximate surface area is 89.2 Å². The second kappa shape index (κ2) is 3.46. The van der Waals surface area contributed by atoms with Gasteiger partial charge in [-0.1, -0.05) is 0 Å². The summed E-state index contributed by atoms with van der Waals surface area (Å²) in [5.74, 6) is 0.354. The zero-order valence-corrected chi connectivity index (χ0v) is 8.76. The Balaban J connectivity index is 1.70. The Morgan fingerprint density at radius 3 is 2.87 bits per heavy atom. The quantitative estimate of drug-likeness (QED) is 0.707. The first kappa shape index (κ1) is 9.60. The van der Waals surface area contributed by atoms with E-state index in [9.17, 15) is 4.79 Å². The normalized spacial score (nSPS) is 44.3. The molecule has 4 atom stereocenters. The molecule has 3 rings (SSSR count). The third-order valence-corrected chi connectivity index (χ3v) is 3.97. The third-order valence-electron chi connectivity index (χ3n) is 3.97. The summed E-state index contributed by atoms with van der Waals surface area (Å²) in [4.78, 5) is 13.7. The van der Waals surface area contributed by atoms with Gasteiger partial charge in [0.1, 0.15) is 0 Å². The zero-order valence-electron chi connectivity index (χ0n) is 8.76. The number of ether oxygens (including phenoxy) is 1. The second-order valence-corrected chi connectivity index (χ2v) is 4.98. The molecule has 2 bridgehead atoms. The van der Waals surface area contributed by atoms with E-state index in [-0.39, 0.29) is 24.5 Å². The van der Waals surface area contributed by atoms with Crippen molar-refractivity contribution in [3.63, 3.8) is 0 Å². The molecular formula is C11H17NO3. The van der Waals surface area contributed by atoms with E-state index in [0.29, 0.717) is 18.6 Å². The van der Waals surface area contributed by atoms with Gasteiger partial charge in [-0.3, -0.25) is 4.79 Å². The van der Waals surface area contributed by atoms with Crippen molar-refractivity contribution in [2.75, 3.05) is 13.2 Å². The summed E-state index contributed by atoms with van der Waals surface area (Å²) in [6.45, 7) is 0.858.